The van der Waals surface area contributed by atoms with E-state index in [9.17, 15) is 14.0 Å². The lowest BCUT2D eigenvalue weighted by Gasteiger charge is -2.14. The summed E-state index contributed by atoms with van der Waals surface area (Å²) in [5.74, 6) is -1.48. The van der Waals surface area contributed by atoms with E-state index in [-0.39, 0.29) is 29.8 Å². The molecule has 0 aliphatic carbocycles. The second-order valence-corrected chi connectivity index (χ2v) is 8.33. The average molecular weight is 543 g/mol. The fourth-order valence-electron chi connectivity index (χ4n) is 3.08. The number of hydrogen-bond donors (Lipinski definition) is 2. The van der Waals surface area contributed by atoms with Gasteiger partial charge in [-0.15, -0.1) is 0 Å². The first-order valence-corrected chi connectivity index (χ1v) is 11.2. The summed E-state index contributed by atoms with van der Waals surface area (Å²) < 4.78 is 31.0. The van der Waals surface area contributed by atoms with Crippen LogP contribution in [-0.2, 0) is 20.9 Å². The predicted octanol–water partition coefficient (Wildman–Crippen LogP) is 3.57. The van der Waals surface area contributed by atoms with Crippen molar-refractivity contribution in [3.63, 3.8) is 0 Å². The molecule has 1 atom stereocenters. The monoisotopic (exact) mass is 541 g/mol. The Morgan fingerprint density at radius 2 is 2.18 bits per heavy atom. The summed E-state index contributed by atoms with van der Waals surface area (Å²) >= 11 is 9.43. The Labute approximate surface area is 203 Å². The number of carbonyl (C=O) groups is 2. The highest BCUT2D eigenvalue weighted by molar-refractivity contribution is 9.10. The maximum atomic E-state index is 14.0. The van der Waals surface area contributed by atoms with Crippen LogP contribution >= 0.6 is 27.5 Å². The zero-order valence-corrected chi connectivity index (χ0v) is 20.0. The van der Waals surface area contributed by atoms with Crippen molar-refractivity contribution >= 4 is 45.6 Å². The van der Waals surface area contributed by atoms with Crippen molar-refractivity contribution < 1.29 is 28.2 Å². The van der Waals surface area contributed by atoms with Gasteiger partial charge in [0.05, 0.1) is 28.9 Å². The molecule has 1 aliphatic heterocycles. The van der Waals surface area contributed by atoms with E-state index in [1.165, 1.54) is 25.5 Å². The maximum absolute atomic E-state index is 14.0. The number of nitrogens with one attached hydrogen (secondary N) is 2. The second kappa shape index (κ2) is 12.0. The number of halogens is 3. The van der Waals surface area contributed by atoms with Crippen LogP contribution < -0.4 is 20.2 Å². The third-order valence-corrected chi connectivity index (χ3v) is 5.72. The minimum Gasteiger partial charge on any atom is -0.493 e. The van der Waals surface area contributed by atoms with E-state index in [0.717, 1.165) is 12.8 Å². The molecular weight excluding hydrogens is 521 g/mol. The zero-order chi connectivity index (χ0) is 23.8. The topological polar surface area (TPSA) is 98.2 Å². The normalized spacial score (nSPS) is 15.5. The molecule has 2 N–H and O–H groups in total. The Kier molecular flexibility index (Phi) is 9.04. The minimum atomic E-state index is -0.892. The Bertz CT molecular complexity index is 1030. The molecule has 1 fully saturated rings. The summed E-state index contributed by atoms with van der Waals surface area (Å²) in [6, 6.07) is 7.65. The third-order valence-electron chi connectivity index (χ3n) is 4.77. The number of methoxy groups -OCH3 is 1. The van der Waals surface area contributed by atoms with Gasteiger partial charge in [0, 0.05) is 18.7 Å². The van der Waals surface area contributed by atoms with Crippen LogP contribution in [0.1, 0.15) is 24.0 Å². The number of amides is 2. The van der Waals surface area contributed by atoms with Crippen LogP contribution in [0.3, 0.4) is 0 Å². The number of carbonyl (C=O) groups excluding carboxylic acids is 2. The number of benzene rings is 2. The van der Waals surface area contributed by atoms with E-state index in [1.807, 2.05) is 0 Å². The van der Waals surface area contributed by atoms with E-state index in [4.69, 9.17) is 25.8 Å². The lowest BCUT2D eigenvalue weighted by molar-refractivity contribution is -0.139. The van der Waals surface area contributed by atoms with Gasteiger partial charge in [0.2, 0.25) is 0 Å². The van der Waals surface area contributed by atoms with Crippen LogP contribution in [0.5, 0.6) is 11.5 Å². The number of nitrogens with zero attached hydrogens (tertiary/aromatic N) is 1. The van der Waals surface area contributed by atoms with Crippen LogP contribution in [-0.4, -0.2) is 44.4 Å². The molecule has 33 heavy (non-hydrogen) atoms. The average Bonchev–Trinajstić information content (AvgIpc) is 3.31. The highest BCUT2D eigenvalue weighted by atomic mass is 79.9. The van der Waals surface area contributed by atoms with Crippen molar-refractivity contribution in [2.24, 2.45) is 5.10 Å². The number of ether oxygens (including phenoxy) is 3. The fourth-order valence-corrected chi connectivity index (χ4v) is 3.87. The molecule has 0 unspecified atom stereocenters. The lowest BCUT2D eigenvalue weighted by Crippen LogP contribution is -2.41. The van der Waals surface area contributed by atoms with Gasteiger partial charge in [0.1, 0.15) is 12.4 Å². The van der Waals surface area contributed by atoms with Crippen molar-refractivity contribution in [1.29, 1.82) is 0 Å². The molecule has 8 nitrogen and oxygen atoms in total. The van der Waals surface area contributed by atoms with Gasteiger partial charge in [0.25, 0.3) is 0 Å². The van der Waals surface area contributed by atoms with Gasteiger partial charge in [-0.05, 0) is 58.6 Å². The van der Waals surface area contributed by atoms with Gasteiger partial charge < -0.3 is 19.5 Å². The Hall–Kier alpha value is -2.69. The summed E-state index contributed by atoms with van der Waals surface area (Å²) in [5.41, 5.74) is 2.94. The molecule has 0 saturated carbocycles. The molecule has 3 rings (SSSR count). The lowest BCUT2D eigenvalue weighted by atomic mass is 10.2. The Morgan fingerprint density at radius 1 is 1.36 bits per heavy atom. The molecule has 176 valence electrons. The fraction of sp³-hybridized carbons (Fsp3) is 0.318. The van der Waals surface area contributed by atoms with Crippen LogP contribution in [0.15, 0.2) is 39.9 Å². The molecular formula is C22H22BrClFN3O5. The highest BCUT2D eigenvalue weighted by Crippen LogP contribution is 2.37. The van der Waals surface area contributed by atoms with Crippen LogP contribution in [0, 0.1) is 5.82 Å². The van der Waals surface area contributed by atoms with E-state index in [0.29, 0.717) is 28.1 Å². The van der Waals surface area contributed by atoms with Crippen molar-refractivity contribution in [2.75, 3.05) is 20.3 Å². The molecule has 0 spiro atoms. The summed E-state index contributed by atoms with van der Waals surface area (Å²) in [6.45, 7) is 0.835. The van der Waals surface area contributed by atoms with Gasteiger partial charge in [-0.2, -0.15) is 5.10 Å². The SMILES string of the molecule is COc1cc(/C=N\NC(=O)C(=O)NC[C@H]2CCCO2)cc(Br)c1OCc1c(F)cccc1Cl. The van der Waals surface area contributed by atoms with Gasteiger partial charge in [-0.1, -0.05) is 17.7 Å². The molecule has 2 aromatic rings. The smallest absolute Gasteiger partial charge is 0.329 e. The molecule has 2 aromatic carbocycles. The van der Waals surface area contributed by atoms with Gasteiger partial charge in [-0.25, -0.2) is 9.82 Å². The van der Waals surface area contributed by atoms with E-state index in [1.54, 1.807) is 18.2 Å². The first-order chi connectivity index (χ1) is 15.9. The molecule has 0 aromatic heterocycles. The molecule has 1 aliphatic rings. The minimum absolute atomic E-state index is 0.0646. The van der Waals surface area contributed by atoms with Crippen molar-refractivity contribution in [3.05, 3.63) is 56.8 Å². The molecule has 2 amide bonds. The quantitative estimate of drug-likeness (QED) is 0.302. The highest BCUT2D eigenvalue weighted by Gasteiger charge is 2.19. The summed E-state index contributed by atoms with van der Waals surface area (Å²) in [6.07, 6.45) is 3.07. The Balaban J connectivity index is 1.59. The first-order valence-electron chi connectivity index (χ1n) is 10.0. The molecule has 0 bridgehead atoms. The van der Waals surface area contributed by atoms with Crippen LogP contribution in [0.4, 0.5) is 4.39 Å². The van der Waals surface area contributed by atoms with Crippen LogP contribution in [0.2, 0.25) is 5.02 Å². The molecule has 0 radical (unpaired) electrons. The van der Waals surface area contributed by atoms with Gasteiger partial charge in [0.15, 0.2) is 11.5 Å². The summed E-state index contributed by atoms with van der Waals surface area (Å²) in [5, 5.41) is 6.57. The van der Waals surface area contributed by atoms with Crippen molar-refractivity contribution in [1.82, 2.24) is 10.7 Å². The number of rotatable bonds is 8. The number of hydrogen-bond acceptors (Lipinski definition) is 6. The van der Waals surface area contributed by atoms with E-state index in [2.05, 4.69) is 31.8 Å². The summed E-state index contributed by atoms with van der Waals surface area (Å²) in [4.78, 5) is 23.7. The second-order valence-electron chi connectivity index (χ2n) is 7.07. The number of hydrazone groups is 1. The molecule has 1 heterocycles. The first kappa shape index (κ1) is 24.9. The van der Waals surface area contributed by atoms with E-state index < -0.39 is 17.6 Å². The summed E-state index contributed by atoms with van der Waals surface area (Å²) in [7, 11) is 1.45. The standard InChI is InChI=1S/C22H22BrClFN3O5/c1-31-19-9-13(10-27-28-22(30)21(29)26-11-14-4-3-7-32-14)8-16(23)20(19)33-12-15-17(24)5-2-6-18(15)25/h2,5-6,8-10,14H,3-4,7,11-12H2,1H3,(H,26,29)(H,28,30)/b27-10-/t14-/m1/s1. The van der Waals surface area contributed by atoms with Crippen molar-refractivity contribution in [3.8, 4) is 11.5 Å². The predicted molar refractivity (Wildman–Crippen MR) is 124 cm³/mol. The molecule has 1 saturated heterocycles. The van der Waals surface area contributed by atoms with Crippen molar-refractivity contribution in [2.45, 2.75) is 25.6 Å². The van der Waals surface area contributed by atoms with E-state index >= 15 is 0 Å². The Morgan fingerprint density at radius 3 is 2.88 bits per heavy atom. The largest absolute Gasteiger partial charge is 0.493 e. The maximum Gasteiger partial charge on any atom is 0.329 e. The van der Waals surface area contributed by atoms with Gasteiger partial charge in [-0.3, -0.25) is 9.59 Å². The van der Waals surface area contributed by atoms with Gasteiger partial charge >= 0.3 is 11.8 Å². The van der Waals surface area contributed by atoms with Crippen LogP contribution in [0.25, 0.3) is 0 Å². The third kappa shape index (κ3) is 6.89. The molecule has 11 heteroatoms. The zero-order valence-electron chi connectivity index (χ0n) is 17.7.